The summed E-state index contributed by atoms with van der Waals surface area (Å²) in [5.41, 5.74) is 0.794. The fourth-order valence-corrected chi connectivity index (χ4v) is 1.46. The van der Waals surface area contributed by atoms with Crippen LogP contribution < -0.4 is 5.32 Å². The molecule has 1 aliphatic rings. The van der Waals surface area contributed by atoms with E-state index in [1.54, 1.807) is 18.3 Å². The van der Waals surface area contributed by atoms with Crippen LogP contribution in [0.4, 0.5) is 5.82 Å². The number of pyridine rings is 1. The largest absolute Gasteiger partial charge is 0.477 e. The first-order valence-electron chi connectivity index (χ1n) is 5.26. The number of hydrogen-bond donors (Lipinski definition) is 2. The van der Waals surface area contributed by atoms with Crippen molar-refractivity contribution >= 4 is 23.4 Å². The minimum Gasteiger partial charge on any atom is -0.477 e. The van der Waals surface area contributed by atoms with Crippen molar-refractivity contribution in [2.45, 2.75) is 19.4 Å². The zero-order chi connectivity index (χ0) is 13.1. The van der Waals surface area contributed by atoms with Crippen LogP contribution in [0, 0.1) is 6.92 Å². The number of hydrogen-bond acceptors (Lipinski definition) is 5. The van der Waals surface area contributed by atoms with E-state index >= 15 is 0 Å². The van der Waals surface area contributed by atoms with Gasteiger partial charge in [-0.1, -0.05) is 5.16 Å². The summed E-state index contributed by atoms with van der Waals surface area (Å²) in [5, 5.41) is 14.6. The van der Waals surface area contributed by atoms with Crippen LogP contribution in [0.15, 0.2) is 23.5 Å². The van der Waals surface area contributed by atoms with E-state index in [0.717, 1.165) is 5.56 Å². The monoisotopic (exact) mass is 249 g/mol. The standard InChI is InChI=1S/C11H11N3O4/c1-6-2-3-12-9(4-6)13-10(15)8-5-7(11(16)17)14-18-8/h2-4,8H,5H2,1H3,(H,16,17)(H,12,13,15). The highest BCUT2D eigenvalue weighted by atomic mass is 16.6. The second kappa shape index (κ2) is 4.82. The lowest BCUT2D eigenvalue weighted by Crippen LogP contribution is -2.29. The normalized spacial score (nSPS) is 17.8. The molecule has 1 aromatic heterocycles. The molecule has 1 amide bonds. The molecular weight excluding hydrogens is 238 g/mol. The number of carbonyl (C=O) groups is 2. The lowest BCUT2D eigenvalue weighted by molar-refractivity contribution is -0.129. The van der Waals surface area contributed by atoms with Gasteiger partial charge >= 0.3 is 5.97 Å². The third-order valence-corrected chi connectivity index (χ3v) is 2.37. The van der Waals surface area contributed by atoms with Crippen LogP contribution in [0.1, 0.15) is 12.0 Å². The summed E-state index contributed by atoms with van der Waals surface area (Å²) >= 11 is 0. The first kappa shape index (κ1) is 12.0. The van der Waals surface area contributed by atoms with E-state index in [0.29, 0.717) is 5.82 Å². The van der Waals surface area contributed by atoms with Crippen molar-refractivity contribution in [3.63, 3.8) is 0 Å². The SMILES string of the molecule is Cc1ccnc(NC(=O)C2CC(C(=O)O)=NO2)c1. The van der Waals surface area contributed by atoms with Crippen molar-refractivity contribution in [2.24, 2.45) is 5.16 Å². The summed E-state index contributed by atoms with van der Waals surface area (Å²) in [6, 6.07) is 3.50. The minimum atomic E-state index is -1.18. The average molecular weight is 249 g/mol. The molecule has 0 bridgehead atoms. The van der Waals surface area contributed by atoms with Crippen molar-refractivity contribution in [3.05, 3.63) is 23.9 Å². The van der Waals surface area contributed by atoms with Crippen LogP contribution in [0.5, 0.6) is 0 Å². The summed E-state index contributed by atoms with van der Waals surface area (Å²) in [5.74, 6) is -1.25. The van der Waals surface area contributed by atoms with Crippen LogP contribution in [-0.2, 0) is 14.4 Å². The zero-order valence-electron chi connectivity index (χ0n) is 9.58. The van der Waals surface area contributed by atoms with Gasteiger partial charge in [-0.25, -0.2) is 9.78 Å². The van der Waals surface area contributed by atoms with E-state index in [2.05, 4.69) is 15.5 Å². The molecule has 2 rings (SSSR count). The Balaban J connectivity index is 1.96. The van der Waals surface area contributed by atoms with Gasteiger partial charge < -0.3 is 15.3 Å². The topological polar surface area (TPSA) is 101 Å². The van der Waals surface area contributed by atoms with Gasteiger partial charge in [0.1, 0.15) is 5.82 Å². The smallest absolute Gasteiger partial charge is 0.353 e. The van der Waals surface area contributed by atoms with Crippen LogP contribution in [0.3, 0.4) is 0 Å². The van der Waals surface area contributed by atoms with Crippen LogP contribution in [0.25, 0.3) is 0 Å². The van der Waals surface area contributed by atoms with Gasteiger partial charge in [-0.3, -0.25) is 4.79 Å². The van der Waals surface area contributed by atoms with Crippen molar-refractivity contribution < 1.29 is 19.5 Å². The molecule has 0 fully saturated rings. The Hall–Kier alpha value is -2.44. The molecule has 94 valence electrons. The molecule has 18 heavy (non-hydrogen) atoms. The van der Waals surface area contributed by atoms with Crippen molar-refractivity contribution in [1.29, 1.82) is 0 Å². The molecule has 1 atom stereocenters. The van der Waals surface area contributed by atoms with E-state index in [4.69, 9.17) is 9.94 Å². The Kier molecular flexibility index (Phi) is 3.22. The zero-order valence-corrected chi connectivity index (χ0v) is 9.58. The number of nitrogens with one attached hydrogen (secondary N) is 1. The van der Waals surface area contributed by atoms with E-state index in [1.165, 1.54) is 0 Å². The average Bonchev–Trinajstić information content (AvgIpc) is 2.78. The van der Waals surface area contributed by atoms with E-state index in [9.17, 15) is 9.59 Å². The number of oxime groups is 1. The number of carbonyl (C=O) groups excluding carboxylic acids is 1. The van der Waals surface area contributed by atoms with Crippen LogP contribution in [-0.4, -0.2) is 33.8 Å². The van der Waals surface area contributed by atoms with Gasteiger partial charge in [0.25, 0.3) is 5.91 Å². The molecule has 0 aliphatic carbocycles. The quantitative estimate of drug-likeness (QED) is 0.815. The molecule has 7 heteroatoms. The summed E-state index contributed by atoms with van der Waals surface area (Å²) < 4.78 is 0. The number of nitrogens with zero attached hydrogens (tertiary/aromatic N) is 2. The summed E-state index contributed by atoms with van der Waals surface area (Å²) in [4.78, 5) is 31.1. The molecular formula is C11H11N3O4. The molecule has 0 saturated heterocycles. The molecule has 0 saturated carbocycles. The lowest BCUT2D eigenvalue weighted by atomic mass is 10.1. The molecule has 2 N–H and O–H groups in total. The number of anilines is 1. The summed E-state index contributed by atoms with van der Waals surface area (Å²) in [6.07, 6.45) is 0.602. The van der Waals surface area contributed by atoms with Gasteiger partial charge in [-0.05, 0) is 24.6 Å². The van der Waals surface area contributed by atoms with Crippen molar-refractivity contribution in [2.75, 3.05) is 5.32 Å². The Labute approximate surface area is 102 Å². The maximum Gasteiger partial charge on any atom is 0.353 e. The molecule has 0 radical (unpaired) electrons. The van der Waals surface area contributed by atoms with Gasteiger partial charge in [0.15, 0.2) is 5.71 Å². The number of aryl methyl sites for hydroxylation is 1. The Morgan fingerprint density at radius 1 is 1.56 bits per heavy atom. The van der Waals surface area contributed by atoms with Gasteiger partial charge in [0, 0.05) is 12.6 Å². The highest BCUT2D eigenvalue weighted by molar-refractivity contribution is 6.36. The fraction of sp³-hybridized carbons (Fsp3) is 0.273. The van der Waals surface area contributed by atoms with Crippen molar-refractivity contribution in [3.8, 4) is 0 Å². The number of rotatable bonds is 3. The summed E-state index contributed by atoms with van der Waals surface area (Å²) in [6.45, 7) is 1.87. The van der Waals surface area contributed by atoms with Gasteiger partial charge in [0.05, 0.1) is 0 Å². The minimum absolute atomic E-state index is 0.0486. The van der Waals surface area contributed by atoms with E-state index in [1.807, 2.05) is 6.92 Å². The number of aliphatic carboxylic acids is 1. The molecule has 1 aliphatic heterocycles. The van der Waals surface area contributed by atoms with E-state index < -0.39 is 18.0 Å². The second-order valence-corrected chi connectivity index (χ2v) is 3.85. The van der Waals surface area contributed by atoms with Gasteiger partial charge in [-0.15, -0.1) is 0 Å². The third kappa shape index (κ3) is 2.62. The van der Waals surface area contributed by atoms with Crippen molar-refractivity contribution in [1.82, 2.24) is 4.98 Å². The summed E-state index contributed by atoms with van der Waals surface area (Å²) in [7, 11) is 0. The molecule has 0 aromatic carbocycles. The maximum absolute atomic E-state index is 11.8. The maximum atomic E-state index is 11.8. The first-order chi connectivity index (χ1) is 8.56. The highest BCUT2D eigenvalue weighted by Crippen LogP contribution is 2.13. The molecule has 7 nitrogen and oxygen atoms in total. The number of carboxylic acids is 1. The number of amides is 1. The molecule has 2 heterocycles. The van der Waals surface area contributed by atoms with Gasteiger partial charge in [0.2, 0.25) is 6.10 Å². The predicted octanol–water partition coefficient (Wildman–Crippen LogP) is 0.558. The van der Waals surface area contributed by atoms with Gasteiger partial charge in [-0.2, -0.15) is 0 Å². The van der Waals surface area contributed by atoms with Crippen LogP contribution >= 0.6 is 0 Å². The molecule has 1 unspecified atom stereocenters. The molecule has 1 aromatic rings. The number of carboxylic acid groups (broad SMARTS) is 1. The first-order valence-corrected chi connectivity index (χ1v) is 5.26. The second-order valence-electron chi connectivity index (χ2n) is 3.85. The Morgan fingerprint density at radius 3 is 2.94 bits per heavy atom. The predicted molar refractivity (Wildman–Crippen MR) is 62.2 cm³/mol. The Bertz CT molecular complexity index is 527. The molecule has 0 spiro atoms. The van der Waals surface area contributed by atoms with E-state index in [-0.39, 0.29) is 12.1 Å². The highest BCUT2D eigenvalue weighted by Gasteiger charge is 2.31. The third-order valence-electron chi connectivity index (χ3n) is 2.37. The number of aromatic nitrogens is 1. The lowest BCUT2D eigenvalue weighted by Gasteiger charge is -2.08. The fourth-order valence-electron chi connectivity index (χ4n) is 1.46. The Morgan fingerprint density at radius 2 is 2.33 bits per heavy atom. The van der Waals surface area contributed by atoms with Crippen LogP contribution in [0.2, 0.25) is 0 Å².